The summed E-state index contributed by atoms with van der Waals surface area (Å²) in [6.07, 6.45) is 12.4. The zero-order chi connectivity index (χ0) is 14.4. The van der Waals surface area contributed by atoms with Crippen LogP contribution in [0.1, 0.15) is 64.2 Å². The molecule has 4 heteroatoms. The highest BCUT2D eigenvalue weighted by Gasteiger charge is 2.54. The minimum atomic E-state index is 0. The molecule has 4 saturated carbocycles. The second-order valence-corrected chi connectivity index (χ2v) is 8.24. The van der Waals surface area contributed by atoms with Crippen LogP contribution in [0.2, 0.25) is 0 Å². The smallest absolute Gasteiger partial charge is 0.220 e. The van der Waals surface area contributed by atoms with Crippen molar-refractivity contribution in [2.75, 3.05) is 0 Å². The molecule has 4 rings (SSSR count). The molecular weight excluding hydrogens is 296 g/mol. The summed E-state index contributed by atoms with van der Waals surface area (Å²) in [6, 6.07) is 0.741. The molecule has 0 radical (unpaired) electrons. The van der Waals surface area contributed by atoms with E-state index < -0.39 is 0 Å². The minimum Gasteiger partial charge on any atom is -0.353 e. The van der Waals surface area contributed by atoms with Gasteiger partial charge >= 0.3 is 0 Å². The Morgan fingerprint density at radius 2 is 1.73 bits per heavy atom. The maximum absolute atomic E-state index is 12.4. The van der Waals surface area contributed by atoms with Gasteiger partial charge in [-0.2, -0.15) is 0 Å². The van der Waals surface area contributed by atoms with Crippen LogP contribution in [0.4, 0.5) is 0 Å². The summed E-state index contributed by atoms with van der Waals surface area (Å²) in [5.74, 6) is 4.37. The molecule has 7 atom stereocenters. The number of hydrogen-bond acceptors (Lipinski definition) is 2. The molecular formula is C18H31ClN2O. The van der Waals surface area contributed by atoms with Gasteiger partial charge in [0.15, 0.2) is 0 Å². The van der Waals surface area contributed by atoms with Crippen molar-refractivity contribution in [2.45, 2.75) is 76.3 Å². The quantitative estimate of drug-likeness (QED) is 0.836. The van der Waals surface area contributed by atoms with Crippen LogP contribution in [0.3, 0.4) is 0 Å². The molecule has 4 aliphatic carbocycles. The van der Waals surface area contributed by atoms with Crippen molar-refractivity contribution in [3.63, 3.8) is 0 Å². The SMILES string of the molecule is Cl.NC1CCCCC1CC(=O)NC1CC2CC1C1CCCC21. The molecule has 3 nitrogen and oxygen atoms in total. The Balaban J connectivity index is 0.00000144. The van der Waals surface area contributed by atoms with E-state index in [1.807, 2.05) is 0 Å². The number of nitrogens with one attached hydrogen (secondary N) is 1. The number of hydrogen-bond donors (Lipinski definition) is 2. The van der Waals surface area contributed by atoms with Gasteiger partial charge in [-0.1, -0.05) is 19.3 Å². The average molecular weight is 327 g/mol. The number of fused-ring (bicyclic) bond motifs is 5. The number of rotatable bonds is 3. The molecule has 4 aliphatic rings. The van der Waals surface area contributed by atoms with Gasteiger partial charge in [-0.3, -0.25) is 4.79 Å². The van der Waals surface area contributed by atoms with Crippen LogP contribution in [0, 0.1) is 29.6 Å². The van der Waals surface area contributed by atoms with Gasteiger partial charge in [0.2, 0.25) is 5.91 Å². The van der Waals surface area contributed by atoms with Crippen molar-refractivity contribution < 1.29 is 4.79 Å². The minimum absolute atomic E-state index is 0. The number of carbonyl (C=O) groups is 1. The molecule has 0 aromatic carbocycles. The summed E-state index contributed by atoms with van der Waals surface area (Å²) in [4.78, 5) is 12.4. The third-order valence-corrected chi connectivity index (χ3v) is 7.19. The topological polar surface area (TPSA) is 55.1 Å². The molecule has 0 aliphatic heterocycles. The molecule has 126 valence electrons. The van der Waals surface area contributed by atoms with Crippen LogP contribution >= 0.6 is 12.4 Å². The highest BCUT2D eigenvalue weighted by molar-refractivity contribution is 5.85. The lowest BCUT2D eigenvalue weighted by atomic mass is 9.78. The van der Waals surface area contributed by atoms with Crippen LogP contribution in [0.25, 0.3) is 0 Å². The molecule has 0 heterocycles. The number of amides is 1. The monoisotopic (exact) mass is 326 g/mol. The lowest BCUT2D eigenvalue weighted by molar-refractivity contribution is -0.123. The maximum Gasteiger partial charge on any atom is 0.220 e. The number of nitrogens with two attached hydrogens (primary N) is 1. The van der Waals surface area contributed by atoms with E-state index in [0.717, 1.165) is 36.5 Å². The Morgan fingerprint density at radius 1 is 0.955 bits per heavy atom. The molecule has 4 fully saturated rings. The molecule has 1 amide bonds. The predicted molar refractivity (Wildman–Crippen MR) is 90.8 cm³/mol. The first kappa shape index (κ1) is 16.6. The molecule has 0 aromatic heterocycles. The van der Waals surface area contributed by atoms with E-state index in [4.69, 9.17) is 5.73 Å². The fourth-order valence-corrected chi connectivity index (χ4v) is 6.23. The first-order valence-electron chi connectivity index (χ1n) is 9.27. The predicted octanol–water partition coefficient (Wildman–Crippen LogP) is 3.26. The normalized spacial score (nSPS) is 46.1. The summed E-state index contributed by atoms with van der Waals surface area (Å²) in [5.41, 5.74) is 6.19. The van der Waals surface area contributed by atoms with Crippen molar-refractivity contribution in [2.24, 2.45) is 35.3 Å². The van der Waals surface area contributed by atoms with Gasteiger partial charge < -0.3 is 11.1 Å². The molecule has 0 aromatic rings. The Morgan fingerprint density at radius 3 is 2.55 bits per heavy atom. The molecule has 22 heavy (non-hydrogen) atoms. The maximum atomic E-state index is 12.4. The van der Waals surface area contributed by atoms with E-state index in [0.29, 0.717) is 18.4 Å². The Bertz CT molecular complexity index is 416. The fraction of sp³-hybridized carbons (Fsp3) is 0.944. The molecule has 2 bridgehead atoms. The number of carbonyl (C=O) groups excluding carboxylic acids is 1. The Kier molecular flexibility index (Phi) is 5.04. The lowest BCUT2D eigenvalue weighted by Gasteiger charge is -2.33. The molecule has 7 unspecified atom stereocenters. The first-order valence-corrected chi connectivity index (χ1v) is 9.27. The molecule has 0 saturated heterocycles. The van der Waals surface area contributed by atoms with E-state index in [2.05, 4.69) is 5.32 Å². The van der Waals surface area contributed by atoms with E-state index in [1.165, 1.54) is 44.9 Å². The third kappa shape index (κ3) is 2.91. The van der Waals surface area contributed by atoms with Crippen molar-refractivity contribution in [3.8, 4) is 0 Å². The zero-order valence-electron chi connectivity index (χ0n) is 13.5. The fourth-order valence-electron chi connectivity index (χ4n) is 6.23. The summed E-state index contributed by atoms with van der Waals surface area (Å²) in [5, 5.41) is 3.40. The van der Waals surface area contributed by atoms with Gasteiger partial charge in [-0.15, -0.1) is 12.4 Å². The van der Waals surface area contributed by atoms with Gasteiger partial charge in [0.25, 0.3) is 0 Å². The third-order valence-electron chi connectivity index (χ3n) is 7.19. The van der Waals surface area contributed by atoms with Crippen LogP contribution in [-0.2, 0) is 4.79 Å². The van der Waals surface area contributed by atoms with Crippen molar-refractivity contribution in [1.29, 1.82) is 0 Å². The Hall–Kier alpha value is -0.280. The van der Waals surface area contributed by atoms with Gasteiger partial charge in [0.05, 0.1) is 0 Å². The highest BCUT2D eigenvalue weighted by atomic mass is 35.5. The first-order chi connectivity index (χ1) is 10.2. The average Bonchev–Trinajstić information content (AvgIpc) is 3.13. The van der Waals surface area contributed by atoms with Gasteiger partial charge in [0.1, 0.15) is 0 Å². The van der Waals surface area contributed by atoms with E-state index in [-0.39, 0.29) is 24.4 Å². The van der Waals surface area contributed by atoms with Crippen LogP contribution in [-0.4, -0.2) is 18.0 Å². The summed E-state index contributed by atoms with van der Waals surface area (Å²) < 4.78 is 0. The summed E-state index contributed by atoms with van der Waals surface area (Å²) in [6.45, 7) is 0. The van der Waals surface area contributed by atoms with Gasteiger partial charge in [0, 0.05) is 18.5 Å². The summed E-state index contributed by atoms with van der Waals surface area (Å²) >= 11 is 0. The largest absolute Gasteiger partial charge is 0.353 e. The van der Waals surface area contributed by atoms with E-state index in [9.17, 15) is 4.79 Å². The number of halogens is 1. The van der Waals surface area contributed by atoms with Gasteiger partial charge in [-0.05, 0) is 68.1 Å². The molecule has 3 N–H and O–H groups in total. The highest BCUT2D eigenvalue weighted by Crippen LogP contribution is 2.58. The Labute approximate surface area is 140 Å². The van der Waals surface area contributed by atoms with Crippen molar-refractivity contribution in [1.82, 2.24) is 5.32 Å². The standard InChI is InChI=1S/C18H30N2O.ClH/c19-16-7-2-1-4-11(16)10-18(21)20-17-9-12-8-15(17)14-6-3-5-13(12)14;/h11-17H,1-10,19H2,(H,20,21);1H. The second-order valence-electron chi connectivity index (χ2n) is 8.24. The summed E-state index contributed by atoms with van der Waals surface area (Å²) in [7, 11) is 0. The van der Waals surface area contributed by atoms with E-state index >= 15 is 0 Å². The van der Waals surface area contributed by atoms with Crippen molar-refractivity contribution in [3.05, 3.63) is 0 Å². The second kappa shape index (κ2) is 6.68. The van der Waals surface area contributed by atoms with Crippen LogP contribution < -0.4 is 11.1 Å². The van der Waals surface area contributed by atoms with E-state index in [1.54, 1.807) is 0 Å². The lowest BCUT2D eigenvalue weighted by Crippen LogP contribution is -2.44. The van der Waals surface area contributed by atoms with Crippen LogP contribution in [0.15, 0.2) is 0 Å². The molecule has 0 spiro atoms. The van der Waals surface area contributed by atoms with Gasteiger partial charge in [-0.25, -0.2) is 0 Å². The van der Waals surface area contributed by atoms with Crippen molar-refractivity contribution >= 4 is 18.3 Å². The van der Waals surface area contributed by atoms with Crippen LogP contribution in [0.5, 0.6) is 0 Å². The zero-order valence-corrected chi connectivity index (χ0v) is 14.3.